The van der Waals surface area contributed by atoms with Crippen LogP contribution in [-0.2, 0) is 19.1 Å². The van der Waals surface area contributed by atoms with Gasteiger partial charge in [-0.2, -0.15) is 0 Å². The van der Waals surface area contributed by atoms with E-state index in [1.165, 1.54) is 25.7 Å². The van der Waals surface area contributed by atoms with Crippen LogP contribution in [0.4, 0.5) is 0 Å². The molecule has 1 aliphatic heterocycles. The average molecular weight is 411 g/mol. The van der Waals surface area contributed by atoms with Crippen LogP contribution in [0, 0.1) is 71.0 Å². The molecule has 1 heterocycles. The molecule has 0 radical (unpaired) electrons. The van der Waals surface area contributed by atoms with Gasteiger partial charge in [0.25, 0.3) is 0 Å². The molecular formula is C26H34O4. The molecule has 8 fully saturated rings. The van der Waals surface area contributed by atoms with Gasteiger partial charge in [0, 0.05) is 24.7 Å². The lowest BCUT2D eigenvalue weighted by Gasteiger charge is -2.61. The molecule has 162 valence electrons. The van der Waals surface area contributed by atoms with Crippen molar-refractivity contribution in [2.75, 3.05) is 0 Å². The van der Waals surface area contributed by atoms with Crippen LogP contribution < -0.4 is 0 Å². The van der Waals surface area contributed by atoms with Crippen molar-refractivity contribution in [3.63, 3.8) is 0 Å². The molecule has 0 unspecified atom stereocenters. The third-order valence-electron chi connectivity index (χ3n) is 11.9. The molecule has 14 atom stereocenters. The van der Waals surface area contributed by atoms with Crippen molar-refractivity contribution in [2.45, 2.75) is 76.4 Å². The van der Waals surface area contributed by atoms with Gasteiger partial charge in [0.15, 0.2) is 0 Å². The first-order valence-corrected chi connectivity index (χ1v) is 13.1. The van der Waals surface area contributed by atoms with E-state index in [9.17, 15) is 9.59 Å². The first kappa shape index (κ1) is 17.5. The number of carbonyl (C=O) groups is 2. The largest absolute Gasteiger partial charge is 0.462 e. The lowest BCUT2D eigenvalue weighted by molar-refractivity contribution is -0.174. The van der Waals surface area contributed by atoms with Crippen LogP contribution in [0.15, 0.2) is 0 Å². The Morgan fingerprint density at radius 3 is 1.40 bits per heavy atom. The maximum atomic E-state index is 12.5. The van der Waals surface area contributed by atoms with Crippen molar-refractivity contribution in [3.8, 4) is 0 Å². The SMILES string of the molecule is O=C1CCCCC(=O)O[C@@H]2CC[C@@H]3[C@@H]4C[C@@H]([C@@H]5[C@@H]6[C@H]7C[C@@H]([C@@H]8CC[C@@H](O1)[C@H]78)[C@@H]6[C@@H]45)[C@@H]32. The zero-order valence-electron chi connectivity index (χ0n) is 17.8. The Kier molecular flexibility index (Phi) is 3.40. The second-order valence-electron chi connectivity index (χ2n) is 12.3. The molecule has 8 rings (SSSR count). The number of ether oxygens (including phenoxy) is 2. The van der Waals surface area contributed by atoms with E-state index in [2.05, 4.69) is 0 Å². The maximum Gasteiger partial charge on any atom is 0.306 e. The normalized spacial score (nSPS) is 62.0. The summed E-state index contributed by atoms with van der Waals surface area (Å²) in [6, 6.07) is 0. The summed E-state index contributed by atoms with van der Waals surface area (Å²) in [5.41, 5.74) is 0. The van der Waals surface area contributed by atoms with Crippen LogP contribution >= 0.6 is 0 Å². The standard InChI is InChI=1S/C26H34O4/c27-19-3-1-2-4-20(28)30-18-8-6-12-14-10-16(22(12)18)26-24(14)23-13-9-15(25(23)26)21-11(13)5-7-17(21)29-19/h11-18,21-26H,1-10H2/t11-,12+,13-,14-,15-,16+,17+,18+,21-,22+,23+,24+,25+,26-/m0/s1. The van der Waals surface area contributed by atoms with Crippen LogP contribution in [-0.4, -0.2) is 24.1 Å². The smallest absolute Gasteiger partial charge is 0.306 e. The zero-order valence-corrected chi connectivity index (χ0v) is 17.8. The molecule has 0 aromatic heterocycles. The number of carbonyl (C=O) groups excluding carboxylic acids is 2. The van der Waals surface area contributed by atoms with E-state index in [1.54, 1.807) is 0 Å². The maximum absolute atomic E-state index is 12.5. The minimum Gasteiger partial charge on any atom is -0.462 e. The van der Waals surface area contributed by atoms with E-state index in [1.807, 2.05) is 0 Å². The number of fused-ring (bicyclic) bond motifs is 7. The van der Waals surface area contributed by atoms with Gasteiger partial charge in [0.1, 0.15) is 12.2 Å². The first-order valence-electron chi connectivity index (χ1n) is 13.1. The molecule has 0 spiro atoms. The molecule has 8 aliphatic rings. The molecule has 4 nitrogen and oxygen atoms in total. The highest BCUT2D eigenvalue weighted by atomic mass is 16.5. The molecule has 0 aromatic carbocycles. The summed E-state index contributed by atoms with van der Waals surface area (Å²) in [5, 5.41) is 0. The molecule has 0 N–H and O–H groups in total. The summed E-state index contributed by atoms with van der Waals surface area (Å²) in [5.74, 6) is 10.3. The number of hydrogen-bond acceptors (Lipinski definition) is 4. The molecule has 30 heavy (non-hydrogen) atoms. The van der Waals surface area contributed by atoms with Gasteiger partial charge in [0.2, 0.25) is 0 Å². The summed E-state index contributed by atoms with van der Waals surface area (Å²) in [7, 11) is 0. The summed E-state index contributed by atoms with van der Waals surface area (Å²) in [4.78, 5) is 25.1. The fourth-order valence-electron chi connectivity index (χ4n) is 11.7. The summed E-state index contributed by atoms with van der Waals surface area (Å²) in [6.45, 7) is 0. The van der Waals surface area contributed by atoms with Crippen molar-refractivity contribution < 1.29 is 19.1 Å². The van der Waals surface area contributed by atoms with E-state index in [4.69, 9.17) is 9.47 Å². The molecule has 0 aromatic rings. The second kappa shape index (κ2) is 5.84. The van der Waals surface area contributed by atoms with Crippen LogP contribution in [0.5, 0.6) is 0 Å². The third kappa shape index (κ3) is 1.97. The van der Waals surface area contributed by atoms with E-state index in [0.717, 1.165) is 84.9 Å². The van der Waals surface area contributed by atoms with E-state index >= 15 is 0 Å². The van der Waals surface area contributed by atoms with Gasteiger partial charge in [-0.3, -0.25) is 9.59 Å². The van der Waals surface area contributed by atoms with Crippen LogP contribution in [0.3, 0.4) is 0 Å². The number of hydrogen-bond donors (Lipinski definition) is 0. The van der Waals surface area contributed by atoms with Crippen LogP contribution in [0.1, 0.15) is 64.2 Å². The third-order valence-corrected chi connectivity index (χ3v) is 11.9. The number of rotatable bonds is 0. The summed E-state index contributed by atoms with van der Waals surface area (Å²) >= 11 is 0. The lowest BCUT2D eigenvalue weighted by Crippen LogP contribution is -2.59. The average Bonchev–Trinajstić information content (AvgIpc) is 3.48. The fourth-order valence-corrected chi connectivity index (χ4v) is 11.7. The fraction of sp³-hybridized carbons (Fsp3) is 0.923. The zero-order chi connectivity index (χ0) is 19.7. The van der Waals surface area contributed by atoms with Crippen molar-refractivity contribution >= 4 is 11.9 Å². The van der Waals surface area contributed by atoms with E-state index in [-0.39, 0.29) is 24.1 Å². The van der Waals surface area contributed by atoms with Gasteiger partial charge in [-0.1, -0.05) is 0 Å². The Morgan fingerprint density at radius 1 is 0.500 bits per heavy atom. The molecular weight excluding hydrogens is 376 g/mol. The summed E-state index contributed by atoms with van der Waals surface area (Å²) in [6.07, 6.45) is 10.5. The van der Waals surface area contributed by atoms with Crippen molar-refractivity contribution in [1.29, 1.82) is 0 Å². The minimum absolute atomic E-state index is 0.0226. The quantitative estimate of drug-likeness (QED) is 0.561. The van der Waals surface area contributed by atoms with Crippen molar-refractivity contribution in [1.82, 2.24) is 0 Å². The van der Waals surface area contributed by atoms with Gasteiger partial charge in [-0.05, 0) is 111 Å². The molecule has 7 saturated carbocycles. The van der Waals surface area contributed by atoms with Gasteiger partial charge in [0.05, 0.1) is 0 Å². The Hall–Kier alpha value is -1.06. The van der Waals surface area contributed by atoms with Crippen molar-refractivity contribution in [3.05, 3.63) is 0 Å². The van der Waals surface area contributed by atoms with E-state index < -0.39 is 0 Å². The molecule has 4 heteroatoms. The highest BCUT2D eigenvalue weighted by Crippen LogP contribution is 2.81. The lowest BCUT2D eigenvalue weighted by atomic mass is 9.43. The Morgan fingerprint density at radius 2 is 0.933 bits per heavy atom. The van der Waals surface area contributed by atoms with Gasteiger partial charge < -0.3 is 9.47 Å². The molecule has 7 aliphatic carbocycles. The molecule has 1 saturated heterocycles. The van der Waals surface area contributed by atoms with Gasteiger partial charge >= 0.3 is 11.9 Å². The highest BCUT2D eigenvalue weighted by molar-refractivity contribution is 5.71. The Labute approximate surface area is 178 Å². The predicted molar refractivity (Wildman–Crippen MR) is 108 cm³/mol. The highest BCUT2D eigenvalue weighted by Gasteiger charge is 2.78. The Balaban J connectivity index is 1.15. The van der Waals surface area contributed by atoms with Crippen LogP contribution in [0.2, 0.25) is 0 Å². The predicted octanol–water partition coefficient (Wildman–Crippen LogP) is 4.21. The van der Waals surface area contributed by atoms with Crippen molar-refractivity contribution in [2.24, 2.45) is 71.0 Å². The second-order valence-corrected chi connectivity index (χ2v) is 12.3. The summed E-state index contributed by atoms with van der Waals surface area (Å²) < 4.78 is 12.2. The minimum atomic E-state index is -0.0226. The van der Waals surface area contributed by atoms with Gasteiger partial charge in [-0.25, -0.2) is 0 Å². The monoisotopic (exact) mass is 410 g/mol. The Bertz CT molecular complexity index is 741. The molecule has 4 bridgehead atoms. The van der Waals surface area contributed by atoms with Crippen LogP contribution in [0.25, 0.3) is 0 Å². The van der Waals surface area contributed by atoms with E-state index in [0.29, 0.717) is 24.7 Å². The first-order chi connectivity index (χ1) is 14.7. The number of esters is 2. The molecule has 0 amide bonds. The van der Waals surface area contributed by atoms with Gasteiger partial charge in [-0.15, -0.1) is 0 Å². The topological polar surface area (TPSA) is 52.6 Å².